The maximum Gasteiger partial charge on any atom is 0.246 e. The quantitative estimate of drug-likeness (QED) is 0.768. The van der Waals surface area contributed by atoms with Gasteiger partial charge in [0.1, 0.15) is 5.54 Å². The highest BCUT2D eigenvalue weighted by atomic mass is 16.5. The van der Waals surface area contributed by atoms with Gasteiger partial charge in [-0.1, -0.05) is 6.07 Å². The molecule has 108 valence electrons. The van der Waals surface area contributed by atoms with E-state index in [4.69, 9.17) is 10.5 Å². The molecular weight excluding hydrogens is 258 g/mol. The average molecular weight is 277 g/mol. The van der Waals surface area contributed by atoms with Crippen LogP contribution in [-0.4, -0.2) is 30.6 Å². The summed E-state index contributed by atoms with van der Waals surface area (Å²) in [4.78, 5) is 23.3. The number of hydrogen-bond acceptors (Lipinski definition) is 4. The molecule has 6 heteroatoms. The van der Waals surface area contributed by atoms with Crippen molar-refractivity contribution in [3.63, 3.8) is 0 Å². The number of nitrogens with two attached hydrogens (primary N) is 1. The molecule has 1 saturated heterocycles. The van der Waals surface area contributed by atoms with E-state index in [-0.39, 0.29) is 18.4 Å². The van der Waals surface area contributed by atoms with Crippen molar-refractivity contribution in [2.24, 2.45) is 5.73 Å². The van der Waals surface area contributed by atoms with Crippen molar-refractivity contribution < 1.29 is 14.3 Å². The Morgan fingerprint density at radius 2 is 2.10 bits per heavy atom. The van der Waals surface area contributed by atoms with Crippen molar-refractivity contribution in [1.82, 2.24) is 0 Å². The minimum Gasteiger partial charge on any atom is -0.379 e. The summed E-state index contributed by atoms with van der Waals surface area (Å²) in [5, 5.41) is 5.49. The maximum atomic E-state index is 12.2. The molecule has 1 fully saturated rings. The first-order valence-corrected chi connectivity index (χ1v) is 6.47. The smallest absolute Gasteiger partial charge is 0.246 e. The number of amides is 2. The van der Waals surface area contributed by atoms with E-state index in [0.717, 1.165) is 5.56 Å². The molecule has 1 heterocycles. The van der Waals surface area contributed by atoms with Gasteiger partial charge in [-0.05, 0) is 31.0 Å². The summed E-state index contributed by atoms with van der Waals surface area (Å²) in [5.74, 6) is -0.427. The third-order valence-electron chi connectivity index (χ3n) is 3.31. The van der Waals surface area contributed by atoms with Crippen LogP contribution in [0.1, 0.15) is 18.9 Å². The Kier molecular flexibility index (Phi) is 4.06. The predicted molar refractivity (Wildman–Crippen MR) is 76.5 cm³/mol. The van der Waals surface area contributed by atoms with Crippen LogP contribution >= 0.6 is 0 Å². The molecule has 1 aromatic carbocycles. The molecule has 1 unspecified atom stereocenters. The fourth-order valence-electron chi connectivity index (χ4n) is 2.04. The number of aryl methyl sites for hydroxylation is 1. The number of hydrogen-bond donors (Lipinski definition) is 3. The van der Waals surface area contributed by atoms with Crippen LogP contribution in [0.5, 0.6) is 0 Å². The van der Waals surface area contributed by atoms with E-state index in [1.54, 1.807) is 12.1 Å². The summed E-state index contributed by atoms with van der Waals surface area (Å²) in [7, 11) is 0. The molecule has 0 spiro atoms. The summed E-state index contributed by atoms with van der Waals surface area (Å²) in [6.07, 6.45) is 0.503. The van der Waals surface area contributed by atoms with Gasteiger partial charge in [0.2, 0.25) is 11.8 Å². The van der Waals surface area contributed by atoms with E-state index < -0.39 is 5.54 Å². The number of carbonyl (C=O) groups is 2. The third kappa shape index (κ3) is 3.15. The van der Waals surface area contributed by atoms with E-state index >= 15 is 0 Å². The van der Waals surface area contributed by atoms with E-state index in [1.807, 2.05) is 13.0 Å². The molecule has 0 bridgehead atoms. The Hall–Kier alpha value is -1.92. The zero-order valence-corrected chi connectivity index (χ0v) is 11.7. The van der Waals surface area contributed by atoms with Gasteiger partial charge >= 0.3 is 0 Å². The highest BCUT2D eigenvalue weighted by Crippen LogP contribution is 2.23. The number of benzene rings is 1. The van der Waals surface area contributed by atoms with Gasteiger partial charge < -0.3 is 21.1 Å². The zero-order chi connectivity index (χ0) is 14.8. The van der Waals surface area contributed by atoms with Crippen molar-refractivity contribution in [1.29, 1.82) is 0 Å². The number of carbonyl (C=O) groups excluding carboxylic acids is 2. The molecule has 0 aliphatic carbocycles. The number of nitrogens with one attached hydrogen (secondary N) is 2. The van der Waals surface area contributed by atoms with Crippen molar-refractivity contribution in [2.75, 3.05) is 23.8 Å². The second-order valence-corrected chi connectivity index (χ2v) is 5.12. The third-order valence-corrected chi connectivity index (χ3v) is 3.31. The number of rotatable bonds is 3. The lowest BCUT2D eigenvalue weighted by molar-refractivity contribution is -0.121. The standard InChI is InChI=1S/C14H19N3O3/c1-9-3-4-11(7-12(9)16-10(2)18)17-13(19)14(15)5-6-20-8-14/h3-4,7H,5-6,8,15H2,1-2H3,(H,16,18)(H,17,19). The average Bonchev–Trinajstić information content (AvgIpc) is 2.81. The molecule has 2 rings (SSSR count). The Morgan fingerprint density at radius 1 is 1.35 bits per heavy atom. The molecule has 0 saturated carbocycles. The Bertz CT molecular complexity index is 536. The van der Waals surface area contributed by atoms with Gasteiger partial charge in [-0.25, -0.2) is 0 Å². The summed E-state index contributed by atoms with van der Waals surface area (Å²) in [6.45, 7) is 4.04. The van der Waals surface area contributed by atoms with Crippen molar-refractivity contribution in [2.45, 2.75) is 25.8 Å². The normalized spacial score (nSPS) is 21.6. The van der Waals surface area contributed by atoms with Crippen LogP contribution in [0.25, 0.3) is 0 Å². The van der Waals surface area contributed by atoms with Crippen molar-refractivity contribution >= 4 is 23.2 Å². The lowest BCUT2D eigenvalue weighted by Crippen LogP contribution is -2.51. The van der Waals surface area contributed by atoms with Crippen molar-refractivity contribution in [3.05, 3.63) is 23.8 Å². The number of anilines is 2. The first-order chi connectivity index (χ1) is 9.40. The molecule has 1 aromatic rings. The largest absolute Gasteiger partial charge is 0.379 e. The van der Waals surface area contributed by atoms with E-state index in [9.17, 15) is 9.59 Å². The number of ether oxygens (including phenoxy) is 1. The molecule has 4 N–H and O–H groups in total. The molecule has 0 aromatic heterocycles. The van der Waals surface area contributed by atoms with E-state index in [1.165, 1.54) is 6.92 Å². The first-order valence-electron chi connectivity index (χ1n) is 6.47. The molecule has 1 aliphatic heterocycles. The van der Waals surface area contributed by atoms with Gasteiger partial charge in [0, 0.05) is 24.9 Å². The molecule has 1 atom stereocenters. The van der Waals surface area contributed by atoms with Gasteiger partial charge in [-0.3, -0.25) is 9.59 Å². The summed E-state index contributed by atoms with van der Waals surface area (Å²) >= 11 is 0. The predicted octanol–water partition coefficient (Wildman–Crippen LogP) is 1.01. The monoisotopic (exact) mass is 277 g/mol. The van der Waals surface area contributed by atoms with E-state index in [0.29, 0.717) is 24.4 Å². The van der Waals surface area contributed by atoms with Gasteiger partial charge in [0.05, 0.1) is 6.61 Å². The van der Waals surface area contributed by atoms with Crippen LogP contribution in [0.15, 0.2) is 18.2 Å². The van der Waals surface area contributed by atoms with Gasteiger partial charge in [0.15, 0.2) is 0 Å². The molecule has 2 amide bonds. The fraction of sp³-hybridized carbons (Fsp3) is 0.429. The van der Waals surface area contributed by atoms with Crippen LogP contribution in [-0.2, 0) is 14.3 Å². The van der Waals surface area contributed by atoms with Crippen molar-refractivity contribution in [3.8, 4) is 0 Å². The second kappa shape index (κ2) is 5.60. The Morgan fingerprint density at radius 3 is 2.70 bits per heavy atom. The lowest BCUT2D eigenvalue weighted by Gasteiger charge is -2.21. The lowest BCUT2D eigenvalue weighted by atomic mass is 9.99. The van der Waals surface area contributed by atoms with Crippen LogP contribution in [0.2, 0.25) is 0 Å². The Labute approximate surface area is 117 Å². The summed E-state index contributed by atoms with van der Waals surface area (Å²) in [6, 6.07) is 5.32. The second-order valence-electron chi connectivity index (χ2n) is 5.12. The molecule has 0 radical (unpaired) electrons. The molecule has 6 nitrogen and oxygen atoms in total. The maximum absolute atomic E-state index is 12.2. The SMILES string of the molecule is CC(=O)Nc1cc(NC(=O)C2(N)CCOC2)ccc1C. The summed E-state index contributed by atoms with van der Waals surface area (Å²) in [5.41, 5.74) is 7.21. The molecule has 1 aliphatic rings. The minimum atomic E-state index is -0.973. The Balaban J connectivity index is 2.13. The first kappa shape index (κ1) is 14.5. The highest BCUT2D eigenvalue weighted by Gasteiger charge is 2.38. The van der Waals surface area contributed by atoms with E-state index in [2.05, 4.69) is 10.6 Å². The van der Waals surface area contributed by atoms with Crippen LogP contribution in [0.3, 0.4) is 0 Å². The highest BCUT2D eigenvalue weighted by molar-refractivity contribution is 5.99. The molecule has 20 heavy (non-hydrogen) atoms. The summed E-state index contributed by atoms with van der Waals surface area (Å²) < 4.78 is 5.17. The van der Waals surface area contributed by atoms with Crippen LogP contribution in [0.4, 0.5) is 11.4 Å². The van der Waals surface area contributed by atoms with Gasteiger partial charge in [0.25, 0.3) is 0 Å². The van der Waals surface area contributed by atoms with Gasteiger partial charge in [-0.15, -0.1) is 0 Å². The topological polar surface area (TPSA) is 93.5 Å². The van der Waals surface area contributed by atoms with Crippen LogP contribution < -0.4 is 16.4 Å². The van der Waals surface area contributed by atoms with Crippen LogP contribution in [0, 0.1) is 6.92 Å². The minimum absolute atomic E-state index is 0.156. The van der Waals surface area contributed by atoms with Gasteiger partial charge in [-0.2, -0.15) is 0 Å². The zero-order valence-electron chi connectivity index (χ0n) is 11.7. The fourth-order valence-corrected chi connectivity index (χ4v) is 2.04. The molecular formula is C14H19N3O3.